The topological polar surface area (TPSA) is 73.9 Å². The average molecular weight is 347 g/mol. The van der Waals surface area contributed by atoms with E-state index in [-0.39, 0.29) is 6.42 Å². The Balaban J connectivity index is 2.16. The van der Waals surface area contributed by atoms with E-state index in [1.54, 1.807) is 37.4 Å². The average Bonchev–Trinajstić information content (AvgIpc) is 2.77. The Morgan fingerprint density at radius 2 is 1.88 bits per heavy atom. The van der Waals surface area contributed by atoms with Gasteiger partial charge in [0.25, 0.3) is 0 Å². The van der Waals surface area contributed by atoms with Crippen molar-refractivity contribution in [2.75, 3.05) is 7.11 Å². The molecule has 1 aliphatic heterocycles. The SMILES string of the molecule is COC(=O)[C@H](Cc1ccc2c(c1)OC(C)(C)O2)NC(=O)C(F)(F)F. The van der Waals surface area contributed by atoms with E-state index < -0.39 is 29.9 Å². The van der Waals surface area contributed by atoms with Crippen LogP contribution >= 0.6 is 0 Å². The molecule has 1 amide bonds. The lowest BCUT2D eigenvalue weighted by molar-refractivity contribution is -0.175. The summed E-state index contributed by atoms with van der Waals surface area (Å²) in [5.41, 5.74) is 0.480. The van der Waals surface area contributed by atoms with Crippen LogP contribution in [0.5, 0.6) is 11.5 Å². The number of hydrogen-bond donors (Lipinski definition) is 1. The number of hydrogen-bond acceptors (Lipinski definition) is 5. The van der Waals surface area contributed by atoms with Gasteiger partial charge in [0.05, 0.1) is 7.11 Å². The van der Waals surface area contributed by atoms with Gasteiger partial charge in [0, 0.05) is 20.3 Å². The zero-order valence-corrected chi connectivity index (χ0v) is 13.2. The van der Waals surface area contributed by atoms with Crippen LogP contribution in [0.15, 0.2) is 18.2 Å². The molecule has 0 spiro atoms. The molecular weight excluding hydrogens is 331 g/mol. The molecule has 1 aromatic carbocycles. The molecule has 6 nitrogen and oxygen atoms in total. The van der Waals surface area contributed by atoms with Crippen molar-refractivity contribution in [2.24, 2.45) is 0 Å². The molecule has 0 unspecified atom stereocenters. The Bertz CT molecular complexity index is 657. The molecule has 0 aliphatic carbocycles. The molecule has 132 valence electrons. The van der Waals surface area contributed by atoms with Gasteiger partial charge in [0.2, 0.25) is 5.79 Å². The molecule has 0 saturated carbocycles. The number of esters is 1. The number of nitrogens with one attached hydrogen (secondary N) is 1. The Hall–Kier alpha value is -2.45. The first-order chi connectivity index (χ1) is 11.0. The smallest absolute Gasteiger partial charge is 0.467 e. The molecule has 1 N–H and O–H groups in total. The van der Waals surface area contributed by atoms with E-state index in [1.165, 1.54) is 0 Å². The molecule has 1 aliphatic rings. The molecule has 0 radical (unpaired) electrons. The van der Waals surface area contributed by atoms with Crippen LogP contribution in [0.25, 0.3) is 0 Å². The number of carbonyl (C=O) groups is 2. The number of ether oxygens (including phenoxy) is 3. The van der Waals surface area contributed by atoms with Gasteiger partial charge in [-0.1, -0.05) is 6.07 Å². The number of alkyl halides is 3. The lowest BCUT2D eigenvalue weighted by Crippen LogP contribution is -2.48. The highest BCUT2D eigenvalue weighted by Crippen LogP contribution is 2.39. The second kappa shape index (κ2) is 6.21. The van der Waals surface area contributed by atoms with Crippen molar-refractivity contribution in [3.05, 3.63) is 23.8 Å². The predicted molar refractivity (Wildman–Crippen MR) is 75.5 cm³/mol. The minimum absolute atomic E-state index is 0.189. The standard InChI is InChI=1S/C15H16F3NO5/c1-14(2)23-10-5-4-8(7-11(10)24-14)6-9(12(20)22-3)19-13(21)15(16,17)18/h4-5,7,9H,6H2,1-3H3,(H,19,21)/t9-/m0/s1. The van der Waals surface area contributed by atoms with Crippen LogP contribution in [0.2, 0.25) is 0 Å². The highest BCUT2D eigenvalue weighted by atomic mass is 19.4. The van der Waals surface area contributed by atoms with Crippen molar-refractivity contribution in [2.45, 2.75) is 38.3 Å². The molecule has 1 atom stereocenters. The maximum Gasteiger partial charge on any atom is 0.471 e. The summed E-state index contributed by atoms with van der Waals surface area (Å²) in [4.78, 5) is 22.7. The van der Waals surface area contributed by atoms with Gasteiger partial charge in [-0.25, -0.2) is 4.79 Å². The van der Waals surface area contributed by atoms with Crippen LogP contribution in [0.1, 0.15) is 19.4 Å². The molecule has 0 bridgehead atoms. The zero-order valence-electron chi connectivity index (χ0n) is 13.2. The third-order valence-corrected chi connectivity index (χ3v) is 3.21. The number of carbonyl (C=O) groups excluding carboxylic acids is 2. The third-order valence-electron chi connectivity index (χ3n) is 3.21. The summed E-state index contributed by atoms with van der Waals surface area (Å²) in [7, 11) is 1.03. The van der Waals surface area contributed by atoms with Crippen LogP contribution in [0, 0.1) is 0 Å². The van der Waals surface area contributed by atoms with Crippen LogP contribution in [-0.2, 0) is 20.7 Å². The van der Waals surface area contributed by atoms with Crippen LogP contribution < -0.4 is 14.8 Å². The summed E-state index contributed by atoms with van der Waals surface area (Å²) in [5.74, 6) is -3.15. The molecule has 0 fully saturated rings. The summed E-state index contributed by atoms with van der Waals surface area (Å²) in [5, 5.41) is 1.63. The fourth-order valence-corrected chi connectivity index (χ4v) is 2.21. The fourth-order valence-electron chi connectivity index (χ4n) is 2.21. The Kier molecular flexibility index (Phi) is 4.63. The van der Waals surface area contributed by atoms with E-state index in [1.807, 2.05) is 0 Å². The maximum absolute atomic E-state index is 12.4. The summed E-state index contributed by atoms with van der Waals surface area (Å²) in [6.07, 6.45) is -5.28. The van der Waals surface area contributed by atoms with E-state index >= 15 is 0 Å². The van der Waals surface area contributed by atoms with Gasteiger partial charge in [0.15, 0.2) is 11.5 Å². The van der Waals surface area contributed by atoms with Gasteiger partial charge in [0.1, 0.15) is 6.04 Å². The van der Waals surface area contributed by atoms with Gasteiger partial charge >= 0.3 is 18.1 Å². The monoisotopic (exact) mass is 347 g/mol. The quantitative estimate of drug-likeness (QED) is 0.843. The van der Waals surface area contributed by atoms with Gasteiger partial charge in [-0.3, -0.25) is 4.79 Å². The Morgan fingerprint density at radius 1 is 1.25 bits per heavy atom. The molecule has 9 heteroatoms. The van der Waals surface area contributed by atoms with Crippen molar-refractivity contribution < 1.29 is 37.0 Å². The number of rotatable bonds is 4. The van der Waals surface area contributed by atoms with Crippen molar-refractivity contribution in [1.29, 1.82) is 0 Å². The molecule has 24 heavy (non-hydrogen) atoms. The molecule has 0 aromatic heterocycles. The minimum atomic E-state index is -5.09. The van der Waals surface area contributed by atoms with E-state index in [0.29, 0.717) is 17.1 Å². The Labute approximate surface area is 135 Å². The molecular formula is C15H16F3NO5. The first-order valence-electron chi connectivity index (χ1n) is 6.98. The first kappa shape index (κ1) is 17.9. The number of methoxy groups -OCH3 is 1. The first-order valence-corrected chi connectivity index (χ1v) is 6.98. The number of benzene rings is 1. The predicted octanol–water partition coefficient (Wildman–Crippen LogP) is 1.96. The van der Waals surface area contributed by atoms with Crippen LogP contribution in [-0.4, -0.2) is 37.0 Å². The summed E-state index contributed by atoms with van der Waals surface area (Å²) < 4.78 is 52.6. The largest absolute Gasteiger partial charge is 0.471 e. The van der Waals surface area contributed by atoms with E-state index in [0.717, 1.165) is 7.11 Å². The fraction of sp³-hybridized carbons (Fsp3) is 0.467. The summed E-state index contributed by atoms with van der Waals surface area (Å²) in [6.45, 7) is 3.40. The second-order valence-corrected chi connectivity index (χ2v) is 5.64. The van der Waals surface area contributed by atoms with Gasteiger partial charge in [-0.2, -0.15) is 13.2 Å². The van der Waals surface area contributed by atoms with Crippen molar-refractivity contribution in [3.8, 4) is 11.5 Å². The van der Waals surface area contributed by atoms with Crippen LogP contribution in [0.3, 0.4) is 0 Å². The van der Waals surface area contributed by atoms with Crippen molar-refractivity contribution in [1.82, 2.24) is 5.32 Å². The zero-order chi connectivity index (χ0) is 18.1. The highest BCUT2D eigenvalue weighted by molar-refractivity contribution is 5.87. The van der Waals surface area contributed by atoms with Crippen molar-refractivity contribution in [3.63, 3.8) is 0 Å². The second-order valence-electron chi connectivity index (χ2n) is 5.64. The van der Waals surface area contributed by atoms with E-state index in [2.05, 4.69) is 4.74 Å². The van der Waals surface area contributed by atoms with Gasteiger partial charge < -0.3 is 19.5 Å². The molecule has 0 saturated heterocycles. The summed E-state index contributed by atoms with van der Waals surface area (Å²) >= 11 is 0. The van der Waals surface area contributed by atoms with Crippen molar-refractivity contribution >= 4 is 11.9 Å². The van der Waals surface area contributed by atoms with E-state index in [4.69, 9.17) is 9.47 Å². The lowest BCUT2D eigenvalue weighted by atomic mass is 10.1. The Morgan fingerprint density at radius 3 is 2.46 bits per heavy atom. The normalized spacial score (nSPS) is 16.4. The lowest BCUT2D eigenvalue weighted by Gasteiger charge is -2.17. The number of fused-ring (bicyclic) bond motifs is 1. The minimum Gasteiger partial charge on any atom is -0.467 e. The number of amides is 1. The van der Waals surface area contributed by atoms with E-state index in [9.17, 15) is 22.8 Å². The third kappa shape index (κ3) is 4.09. The van der Waals surface area contributed by atoms with Crippen LogP contribution in [0.4, 0.5) is 13.2 Å². The maximum atomic E-state index is 12.4. The van der Waals surface area contributed by atoms with Gasteiger partial charge in [-0.05, 0) is 17.7 Å². The molecule has 1 heterocycles. The molecule has 2 rings (SSSR count). The highest BCUT2D eigenvalue weighted by Gasteiger charge is 2.41. The van der Waals surface area contributed by atoms with Gasteiger partial charge in [-0.15, -0.1) is 0 Å². The number of halogens is 3. The molecule has 1 aromatic rings. The summed E-state index contributed by atoms with van der Waals surface area (Å²) in [6, 6.07) is 3.22.